The van der Waals surface area contributed by atoms with E-state index in [1.807, 2.05) is 72.8 Å². The van der Waals surface area contributed by atoms with Crippen molar-refractivity contribution in [1.29, 1.82) is 0 Å². The molecule has 0 unspecified atom stereocenters. The first-order valence-electron chi connectivity index (χ1n) is 8.67. The molecule has 1 aliphatic rings. The van der Waals surface area contributed by atoms with Gasteiger partial charge in [-0.3, -0.25) is 0 Å². The van der Waals surface area contributed by atoms with Crippen LogP contribution in [0.4, 0.5) is 0 Å². The predicted octanol–water partition coefficient (Wildman–Crippen LogP) is 4.69. The second kappa shape index (κ2) is 13.2. The molecule has 5 nitrogen and oxygen atoms in total. The summed E-state index contributed by atoms with van der Waals surface area (Å²) in [7, 11) is 0. The van der Waals surface area contributed by atoms with E-state index in [-0.39, 0.29) is 0 Å². The molecule has 3 rings (SSSR count). The van der Waals surface area contributed by atoms with Gasteiger partial charge in [0.25, 0.3) is 0 Å². The van der Waals surface area contributed by atoms with Crippen molar-refractivity contribution in [3.63, 3.8) is 0 Å². The number of allylic oxidation sites excluding steroid dienone is 2. The molecule has 1 aliphatic heterocycles. The third kappa shape index (κ3) is 10.7. The highest BCUT2D eigenvalue weighted by atomic mass is 16.6. The smallest absolute Gasteiger partial charge is 0.338 e. The summed E-state index contributed by atoms with van der Waals surface area (Å²) in [6.45, 7) is 5.20. The molecule has 0 amide bonds. The van der Waals surface area contributed by atoms with E-state index in [0.717, 1.165) is 17.7 Å². The van der Waals surface area contributed by atoms with Crippen molar-refractivity contribution >= 4 is 30.1 Å². The van der Waals surface area contributed by atoms with Crippen LogP contribution >= 0.6 is 0 Å². The van der Waals surface area contributed by atoms with E-state index in [2.05, 4.69) is 11.3 Å². The summed E-state index contributed by atoms with van der Waals surface area (Å²) in [6.07, 6.45) is 9.19. The molecular formula is C24H22O5. The number of carbonyl (C=O) groups excluding carboxylic acids is 2. The van der Waals surface area contributed by atoms with Gasteiger partial charge in [0.1, 0.15) is 0 Å². The fraction of sp³-hybridized carbons (Fsp3) is 0.0417. The van der Waals surface area contributed by atoms with E-state index in [1.54, 1.807) is 19.1 Å². The molecule has 2 aromatic rings. The van der Waals surface area contributed by atoms with Gasteiger partial charge < -0.3 is 9.84 Å². The van der Waals surface area contributed by atoms with Crippen LogP contribution in [0, 0.1) is 0 Å². The lowest BCUT2D eigenvalue weighted by molar-refractivity contribution is -0.150. The Balaban J connectivity index is 0.000000237. The molecule has 0 aliphatic carbocycles. The molecule has 1 N–H and O–H groups in total. The highest BCUT2D eigenvalue weighted by Gasteiger charge is 2.10. The van der Waals surface area contributed by atoms with Crippen molar-refractivity contribution in [2.45, 2.75) is 6.92 Å². The third-order valence-corrected chi connectivity index (χ3v) is 3.36. The quantitative estimate of drug-likeness (QED) is 0.355. The zero-order valence-corrected chi connectivity index (χ0v) is 16.0. The molecule has 29 heavy (non-hydrogen) atoms. The number of carboxylic acid groups (broad SMARTS) is 1. The van der Waals surface area contributed by atoms with E-state index >= 15 is 0 Å². The number of ether oxygens (including phenoxy) is 1. The maximum absolute atomic E-state index is 10.4. The van der Waals surface area contributed by atoms with Gasteiger partial charge in [-0.25, -0.2) is 14.4 Å². The first-order chi connectivity index (χ1) is 13.9. The maximum Gasteiger partial charge on any atom is 0.338 e. The fourth-order valence-electron chi connectivity index (χ4n) is 1.83. The van der Waals surface area contributed by atoms with Crippen LogP contribution in [-0.2, 0) is 19.1 Å². The van der Waals surface area contributed by atoms with Gasteiger partial charge in [-0.05, 0) is 18.1 Å². The van der Waals surface area contributed by atoms with Gasteiger partial charge in [-0.2, -0.15) is 0 Å². The first kappa shape index (κ1) is 23.0. The van der Waals surface area contributed by atoms with E-state index < -0.39 is 17.9 Å². The number of benzene rings is 2. The second-order valence-electron chi connectivity index (χ2n) is 5.61. The van der Waals surface area contributed by atoms with Crippen LogP contribution in [0.25, 0.3) is 12.2 Å². The van der Waals surface area contributed by atoms with Crippen molar-refractivity contribution in [1.82, 2.24) is 0 Å². The van der Waals surface area contributed by atoms with Crippen LogP contribution in [0.3, 0.4) is 0 Å². The zero-order valence-electron chi connectivity index (χ0n) is 16.0. The molecule has 2 aromatic carbocycles. The molecular weight excluding hydrogens is 368 g/mol. The minimum absolute atomic E-state index is 0.331. The van der Waals surface area contributed by atoms with Crippen molar-refractivity contribution in [3.8, 4) is 0 Å². The van der Waals surface area contributed by atoms with Crippen LogP contribution < -0.4 is 0 Å². The van der Waals surface area contributed by atoms with Gasteiger partial charge in [0.15, 0.2) is 0 Å². The predicted molar refractivity (Wildman–Crippen MR) is 114 cm³/mol. The van der Waals surface area contributed by atoms with Crippen molar-refractivity contribution in [2.24, 2.45) is 0 Å². The van der Waals surface area contributed by atoms with Crippen LogP contribution in [0.1, 0.15) is 18.1 Å². The fourth-order valence-corrected chi connectivity index (χ4v) is 1.83. The minimum Gasteiger partial charge on any atom is -0.478 e. The number of rotatable bonds is 4. The second-order valence-corrected chi connectivity index (χ2v) is 5.61. The summed E-state index contributed by atoms with van der Waals surface area (Å²) in [4.78, 5) is 30.3. The Kier molecular flexibility index (Phi) is 10.5. The van der Waals surface area contributed by atoms with Gasteiger partial charge in [0.05, 0.1) is 0 Å². The summed E-state index contributed by atoms with van der Waals surface area (Å²) < 4.78 is 3.97. The third-order valence-electron chi connectivity index (χ3n) is 3.36. The van der Waals surface area contributed by atoms with Crippen molar-refractivity contribution < 1.29 is 24.2 Å². The number of esters is 2. The van der Waals surface area contributed by atoms with Gasteiger partial charge in [0, 0.05) is 17.7 Å². The number of hydrogen-bond donors (Lipinski definition) is 1. The van der Waals surface area contributed by atoms with Crippen LogP contribution in [-0.4, -0.2) is 23.0 Å². The van der Waals surface area contributed by atoms with Crippen molar-refractivity contribution in [2.75, 3.05) is 0 Å². The molecule has 5 heteroatoms. The molecule has 1 heterocycles. The highest BCUT2D eigenvalue weighted by Crippen LogP contribution is 2.02. The largest absolute Gasteiger partial charge is 0.478 e. The van der Waals surface area contributed by atoms with Gasteiger partial charge >= 0.3 is 17.9 Å². The van der Waals surface area contributed by atoms with Gasteiger partial charge in [-0.15, -0.1) is 0 Å². The van der Waals surface area contributed by atoms with Gasteiger partial charge in [-0.1, -0.05) is 91.5 Å². The van der Waals surface area contributed by atoms with E-state index in [0.29, 0.717) is 5.57 Å². The SMILES string of the molecule is C=Cc1ccccc1.CC(=CC=Cc1ccccc1)C(=O)O.O=C1C=CC(=O)O1. The average molecular weight is 390 g/mol. The number of carboxylic acids is 1. The number of aliphatic carboxylic acids is 1. The summed E-state index contributed by atoms with van der Waals surface area (Å²) in [5.74, 6) is -2.04. The summed E-state index contributed by atoms with van der Waals surface area (Å²) in [5.41, 5.74) is 2.56. The molecule has 0 spiro atoms. The molecule has 0 bridgehead atoms. The molecule has 148 valence electrons. The van der Waals surface area contributed by atoms with Crippen LogP contribution in [0.15, 0.2) is 97.1 Å². The summed E-state index contributed by atoms with van der Waals surface area (Å²) in [6, 6.07) is 19.8. The Labute approximate surface area is 170 Å². The number of carbonyl (C=O) groups is 3. The lowest BCUT2D eigenvalue weighted by Crippen LogP contribution is -1.96. The van der Waals surface area contributed by atoms with E-state index in [9.17, 15) is 14.4 Å². The molecule has 0 radical (unpaired) electrons. The Morgan fingerprint density at radius 3 is 1.72 bits per heavy atom. The van der Waals surface area contributed by atoms with Crippen molar-refractivity contribution in [3.05, 3.63) is 108 Å². The number of hydrogen-bond acceptors (Lipinski definition) is 4. The lowest BCUT2D eigenvalue weighted by atomic mass is 10.2. The van der Waals surface area contributed by atoms with Crippen LogP contribution in [0.5, 0.6) is 0 Å². The summed E-state index contributed by atoms with van der Waals surface area (Å²) >= 11 is 0. The number of cyclic esters (lactones) is 2. The molecule has 0 aromatic heterocycles. The van der Waals surface area contributed by atoms with E-state index in [4.69, 9.17) is 5.11 Å². The minimum atomic E-state index is -0.886. The molecule has 0 atom stereocenters. The molecule has 0 saturated heterocycles. The average Bonchev–Trinajstić information content (AvgIpc) is 3.12. The summed E-state index contributed by atoms with van der Waals surface area (Å²) in [5, 5.41) is 8.58. The molecule has 0 fully saturated rings. The lowest BCUT2D eigenvalue weighted by Gasteiger charge is -1.90. The zero-order chi connectivity index (χ0) is 21.5. The Bertz CT molecular complexity index is 891. The van der Waals surface area contributed by atoms with E-state index in [1.165, 1.54) is 5.56 Å². The monoisotopic (exact) mass is 390 g/mol. The maximum atomic E-state index is 10.4. The Morgan fingerprint density at radius 2 is 1.38 bits per heavy atom. The topological polar surface area (TPSA) is 80.7 Å². The standard InChI is InChI=1S/C12H12O2.C8H8.C4H2O3/c1-10(12(13)14)6-5-9-11-7-3-2-4-8-11;1-2-8-6-4-3-5-7-8;5-3-1-2-4(6)7-3/h2-9H,1H3,(H,13,14);2-7H,1H2;1-2H. The van der Waals surface area contributed by atoms with Gasteiger partial charge in [0.2, 0.25) is 0 Å². The Morgan fingerprint density at radius 1 is 0.897 bits per heavy atom. The normalized spacial score (nSPS) is 12.4. The molecule has 0 saturated carbocycles. The highest BCUT2D eigenvalue weighted by molar-refractivity contribution is 6.04. The van der Waals surface area contributed by atoms with Crippen LogP contribution in [0.2, 0.25) is 0 Å². The Hall–Kier alpha value is -3.99. The first-order valence-corrected chi connectivity index (χ1v) is 8.67.